The Morgan fingerprint density at radius 1 is 1.18 bits per heavy atom. The Bertz CT molecular complexity index is 494. The van der Waals surface area contributed by atoms with Crippen molar-refractivity contribution < 1.29 is 9.32 Å². The molecule has 0 spiro atoms. The fraction of sp³-hybridized carbons (Fsp3) is 0.778. The standard InChI is InChI=1S/C18H28N2O2/c1-13-17(14(2)22-19-13)10-11-18(21)20(16-8-9-16)12-15-6-4-3-5-7-15/h15-16H,3-12H2,1-2H3. The maximum Gasteiger partial charge on any atom is 0.223 e. The van der Waals surface area contributed by atoms with Crippen LogP contribution in [-0.2, 0) is 11.2 Å². The van der Waals surface area contributed by atoms with Crippen LogP contribution in [0, 0.1) is 19.8 Å². The van der Waals surface area contributed by atoms with Crippen LogP contribution in [0.25, 0.3) is 0 Å². The Morgan fingerprint density at radius 2 is 1.91 bits per heavy atom. The van der Waals surface area contributed by atoms with Crippen LogP contribution in [0.5, 0.6) is 0 Å². The van der Waals surface area contributed by atoms with Gasteiger partial charge in [-0.05, 0) is 51.9 Å². The fourth-order valence-corrected chi connectivity index (χ4v) is 3.72. The normalized spacial score (nSPS) is 19.4. The molecule has 0 bridgehead atoms. The van der Waals surface area contributed by atoms with Crippen molar-refractivity contribution in [1.82, 2.24) is 10.1 Å². The summed E-state index contributed by atoms with van der Waals surface area (Å²) >= 11 is 0. The van der Waals surface area contributed by atoms with Gasteiger partial charge in [-0.15, -0.1) is 0 Å². The van der Waals surface area contributed by atoms with Crippen LogP contribution < -0.4 is 0 Å². The van der Waals surface area contributed by atoms with Gasteiger partial charge < -0.3 is 9.42 Å². The van der Waals surface area contributed by atoms with E-state index in [4.69, 9.17) is 4.52 Å². The second-order valence-electron chi connectivity index (χ2n) is 7.08. The number of rotatable bonds is 6. The smallest absolute Gasteiger partial charge is 0.223 e. The molecule has 2 aliphatic carbocycles. The predicted molar refractivity (Wildman–Crippen MR) is 85.6 cm³/mol. The Kier molecular flexibility index (Phi) is 4.84. The summed E-state index contributed by atoms with van der Waals surface area (Å²) in [5, 5.41) is 3.98. The summed E-state index contributed by atoms with van der Waals surface area (Å²) in [6.45, 7) is 4.88. The highest BCUT2D eigenvalue weighted by molar-refractivity contribution is 5.77. The van der Waals surface area contributed by atoms with Crippen LogP contribution in [0.2, 0.25) is 0 Å². The van der Waals surface area contributed by atoms with Gasteiger partial charge in [-0.3, -0.25) is 4.79 Å². The largest absolute Gasteiger partial charge is 0.361 e. The Labute approximate surface area is 133 Å². The lowest BCUT2D eigenvalue weighted by Crippen LogP contribution is -2.38. The monoisotopic (exact) mass is 304 g/mol. The number of hydrogen-bond donors (Lipinski definition) is 0. The first-order valence-electron chi connectivity index (χ1n) is 8.86. The average molecular weight is 304 g/mol. The number of hydrogen-bond acceptors (Lipinski definition) is 3. The topological polar surface area (TPSA) is 46.3 Å². The molecule has 1 aromatic heterocycles. The molecule has 4 heteroatoms. The van der Waals surface area contributed by atoms with E-state index in [0.717, 1.165) is 35.9 Å². The third kappa shape index (κ3) is 3.71. The molecule has 1 aromatic rings. The van der Waals surface area contributed by atoms with Crippen molar-refractivity contribution in [3.63, 3.8) is 0 Å². The van der Waals surface area contributed by atoms with E-state index >= 15 is 0 Å². The van der Waals surface area contributed by atoms with Gasteiger partial charge in [0.1, 0.15) is 5.76 Å². The number of aromatic nitrogens is 1. The van der Waals surface area contributed by atoms with Crippen molar-refractivity contribution in [2.75, 3.05) is 6.54 Å². The zero-order chi connectivity index (χ0) is 15.5. The van der Waals surface area contributed by atoms with Gasteiger partial charge in [0.2, 0.25) is 5.91 Å². The van der Waals surface area contributed by atoms with E-state index in [2.05, 4.69) is 10.1 Å². The Morgan fingerprint density at radius 3 is 2.50 bits per heavy atom. The first-order valence-corrected chi connectivity index (χ1v) is 8.86. The molecule has 2 aliphatic rings. The van der Waals surface area contributed by atoms with Gasteiger partial charge in [-0.25, -0.2) is 0 Å². The molecule has 0 N–H and O–H groups in total. The summed E-state index contributed by atoms with van der Waals surface area (Å²) < 4.78 is 5.19. The van der Waals surface area contributed by atoms with Gasteiger partial charge in [-0.2, -0.15) is 0 Å². The summed E-state index contributed by atoms with van der Waals surface area (Å²) in [5.74, 6) is 1.92. The quantitative estimate of drug-likeness (QED) is 0.803. The van der Waals surface area contributed by atoms with Crippen LogP contribution in [0.15, 0.2) is 4.52 Å². The van der Waals surface area contributed by atoms with Crippen molar-refractivity contribution in [2.45, 2.75) is 77.7 Å². The molecule has 22 heavy (non-hydrogen) atoms. The molecular formula is C18H28N2O2. The van der Waals surface area contributed by atoms with E-state index in [-0.39, 0.29) is 0 Å². The fourth-order valence-electron chi connectivity index (χ4n) is 3.72. The molecule has 1 amide bonds. The molecule has 4 nitrogen and oxygen atoms in total. The molecule has 2 saturated carbocycles. The number of carbonyl (C=O) groups is 1. The highest BCUT2D eigenvalue weighted by Gasteiger charge is 2.34. The zero-order valence-electron chi connectivity index (χ0n) is 13.9. The summed E-state index contributed by atoms with van der Waals surface area (Å²) in [7, 11) is 0. The second kappa shape index (κ2) is 6.84. The summed E-state index contributed by atoms with van der Waals surface area (Å²) in [6, 6.07) is 0.527. The molecule has 2 fully saturated rings. The molecule has 0 unspecified atom stereocenters. The predicted octanol–water partition coefficient (Wildman–Crippen LogP) is 3.80. The summed E-state index contributed by atoms with van der Waals surface area (Å²) in [5.41, 5.74) is 2.04. The van der Waals surface area contributed by atoms with E-state index in [1.807, 2.05) is 13.8 Å². The maximum absolute atomic E-state index is 12.7. The van der Waals surface area contributed by atoms with Crippen molar-refractivity contribution in [3.05, 3.63) is 17.0 Å². The average Bonchev–Trinajstić information content (AvgIpc) is 3.31. The summed E-state index contributed by atoms with van der Waals surface area (Å²) in [6.07, 6.45) is 10.4. The Balaban J connectivity index is 1.56. The lowest BCUT2D eigenvalue weighted by molar-refractivity contribution is -0.132. The maximum atomic E-state index is 12.7. The van der Waals surface area contributed by atoms with E-state index in [1.54, 1.807) is 0 Å². The van der Waals surface area contributed by atoms with Crippen LogP contribution in [0.4, 0.5) is 0 Å². The molecule has 0 atom stereocenters. The lowest BCUT2D eigenvalue weighted by atomic mass is 9.89. The highest BCUT2D eigenvalue weighted by atomic mass is 16.5. The van der Waals surface area contributed by atoms with Crippen LogP contribution in [0.3, 0.4) is 0 Å². The molecule has 0 aliphatic heterocycles. The second-order valence-corrected chi connectivity index (χ2v) is 7.08. The molecule has 0 saturated heterocycles. The number of nitrogens with zero attached hydrogens (tertiary/aromatic N) is 2. The van der Waals surface area contributed by atoms with Gasteiger partial charge in [0.15, 0.2) is 0 Å². The number of aryl methyl sites for hydroxylation is 2. The van der Waals surface area contributed by atoms with Crippen molar-refractivity contribution >= 4 is 5.91 Å². The molecule has 3 rings (SSSR count). The van der Waals surface area contributed by atoms with Crippen LogP contribution >= 0.6 is 0 Å². The van der Waals surface area contributed by atoms with E-state index in [9.17, 15) is 4.79 Å². The zero-order valence-corrected chi connectivity index (χ0v) is 13.9. The first-order chi connectivity index (χ1) is 10.6. The van der Waals surface area contributed by atoms with Crippen LogP contribution in [0.1, 0.15) is 68.4 Å². The molecule has 1 heterocycles. The van der Waals surface area contributed by atoms with Gasteiger partial charge in [0.05, 0.1) is 5.69 Å². The molecule has 0 aromatic carbocycles. The SMILES string of the molecule is Cc1noc(C)c1CCC(=O)N(CC1CCCCC1)C1CC1. The molecular weight excluding hydrogens is 276 g/mol. The van der Waals surface area contributed by atoms with Gasteiger partial charge in [0.25, 0.3) is 0 Å². The Hall–Kier alpha value is -1.32. The van der Waals surface area contributed by atoms with E-state index in [0.29, 0.717) is 18.4 Å². The van der Waals surface area contributed by atoms with Crippen molar-refractivity contribution in [2.24, 2.45) is 5.92 Å². The minimum Gasteiger partial charge on any atom is -0.361 e. The lowest BCUT2D eigenvalue weighted by Gasteiger charge is -2.30. The van der Waals surface area contributed by atoms with Crippen molar-refractivity contribution in [1.29, 1.82) is 0 Å². The van der Waals surface area contributed by atoms with E-state index in [1.165, 1.54) is 44.9 Å². The van der Waals surface area contributed by atoms with Gasteiger partial charge >= 0.3 is 0 Å². The van der Waals surface area contributed by atoms with Crippen molar-refractivity contribution in [3.8, 4) is 0 Å². The summed E-state index contributed by atoms with van der Waals surface area (Å²) in [4.78, 5) is 14.9. The van der Waals surface area contributed by atoms with E-state index < -0.39 is 0 Å². The van der Waals surface area contributed by atoms with Gasteiger partial charge in [-0.1, -0.05) is 24.4 Å². The number of amides is 1. The highest BCUT2D eigenvalue weighted by Crippen LogP contribution is 2.32. The minimum atomic E-state index is 0.327. The minimum absolute atomic E-state index is 0.327. The third-order valence-electron chi connectivity index (χ3n) is 5.26. The molecule has 0 radical (unpaired) electrons. The molecule has 122 valence electrons. The first kappa shape index (κ1) is 15.6. The number of carbonyl (C=O) groups excluding carboxylic acids is 1. The van der Waals surface area contributed by atoms with Gasteiger partial charge in [0, 0.05) is 24.6 Å². The van der Waals surface area contributed by atoms with Crippen LogP contribution in [-0.4, -0.2) is 28.6 Å². The third-order valence-corrected chi connectivity index (χ3v) is 5.26.